The van der Waals surface area contributed by atoms with Gasteiger partial charge in [-0.3, -0.25) is 4.79 Å². The van der Waals surface area contributed by atoms with E-state index in [1.165, 1.54) is 16.7 Å². The first kappa shape index (κ1) is 14.6. The molecule has 1 atom stereocenters. The molecule has 0 aromatic heterocycles. The van der Waals surface area contributed by atoms with E-state index in [1.54, 1.807) is 0 Å². The molecular weight excluding hydrogens is 270 g/mol. The number of hydrogen-bond donors (Lipinski definition) is 0. The van der Waals surface area contributed by atoms with Gasteiger partial charge in [0.2, 0.25) is 0 Å². The van der Waals surface area contributed by atoms with Crippen LogP contribution < -0.4 is 4.90 Å². The standard InChI is InChI=1S/C20H21NO/c1-13-11-15-7-5-6-8-16(15)20(13)17-9-10-19(21(3)4)14(2)18(17)12-22/h5-12,20H,1-4H3. The molecule has 0 saturated heterocycles. The highest BCUT2D eigenvalue weighted by atomic mass is 16.1. The molecule has 0 N–H and O–H groups in total. The number of aldehydes is 1. The molecular formula is C20H21NO. The summed E-state index contributed by atoms with van der Waals surface area (Å²) in [6.45, 7) is 4.18. The summed E-state index contributed by atoms with van der Waals surface area (Å²) < 4.78 is 0. The average molecular weight is 291 g/mol. The van der Waals surface area contributed by atoms with E-state index in [1.807, 2.05) is 21.0 Å². The normalized spacial score (nSPS) is 16.2. The first-order valence-corrected chi connectivity index (χ1v) is 7.57. The SMILES string of the molecule is CC1=Cc2ccccc2C1c1ccc(N(C)C)c(C)c1C=O. The molecule has 0 aliphatic heterocycles. The fourth-order valence-corrected chi connectivity index (χ4v) is 3.52. The average Bonchev–Trinajstić information content (AvgIpc) is 2.82. The van der Waals surface area contributed by atoms with Gasteiger partial charge in [-0.2, -0.15) is 0 Å². The van der Waals surface area contributed by atoms with Crippen molar-refractivity contribution in [3.63, 3.8) is 0 Å². The number of hydrogen-bond acceptors (Lipinski definition) is 2. The highest BCUT2D eigenvalue weighted by Crippen LogP contribution is 2.42. The molecule has 1 unspecified atom stereocenters. The lowest BCUT2D eigenvalue weighted by molar-refractivity contribution is 0.112. The molecule has 3 rings (SSSR count). The first-order chi connectivity index (χ1) is 10.5. The molecule has 0 bridgehead atoms. The van der Waals surface area contributed by atoms with Crippen molar-refractivity contribution in [1.29, 1.82) is 0 Å². The summed E-state index contributed by atoms with van der Waals surface area (Å²) in [4.78, 5) is 13.8. The van der Waals surface area contributed by atoms with E-state index in [0.29, 0.717) is 0 Å². The number of rotatable bonds is 3. The minimum atomic E-state index is 0.186. The van der Waals surface area contributed by atoms with Crippen LogP contribution in [0.3, 0.4) is 0 Å². The van der Waals surface area contributed by atoms with E-state index >= 15 is 0 Å². The molecule has 2 nitrogen and oxygen atoms in total. The second-order valence-corrected chi connectivity index (χ2v) is 6.18. The van der Waals surface area contributed by atoms with Crippen LogP contribution in [-0.4, -0.2) is 20.4 Å². The van der Waals surface area contributed by atoms with E-state index in [-0.39, 0.29) is 5.92 Å². The number of carbonyl (C=O) groups excluding carboxylic acids is 1. The highest BCUT2D eigenvalue weighted by Gasteiger charge is 2.27. The van der Waals surface area contributed by atoms with E-state index in [4.69, 9.17) is 0 Å². The van der Waals surface area contributed by atoms with Crippen LogP contribution in [0.2, 0.25) is 0 Å². The quantitative estimate of drug-likeness (QED) is 0.780. The molecule has 0 saturated carbocycles. The number of allylic oxidation sites excluding steroid dienone is 1. The molecule has 0 fully saturated rings. The van der Waals surface area contributed by atoms with Crippen molar-refractivity contribution in [2.45, 2.75) is 19.8 Å². The van der Waals surface area contributed by atoms with Crippen molar-refractivity contribution >= 4 is 18.0 Å². The summed E-state index contributed by atoms with van der Waals surface area (Å²) >= 11 is 0. The van der Waals surface area contributed by atoms with Gasteiger partial charge in [0, 0.05) is 31.3 Å². The Morgan fingerprint density at radius 2 is 1.73 bits per heavy atom. The van der Waals surface area contributed by atoms with Gasteiger partial charge in [0.05, 0.1) is 0 Å². The van der Waals surface area contributed by atoms with Crippen molar-refractivity contribution in [2.75, 3.05) is 19.0 Å². The Bertz CT molecular complexity index is 771. The summed E-state index contributed by atoms with van der Waals surface area (Å²) in [5, 5.41) is 0. The van der Waals surface area contributed by atoms with E-state index in [2.05, 4.69) is 54.3 Å². The third-order valence-electron chi connectivity index (χ3n) is 4.58. The van der Waals surface area contributed by atoms with Gasteiger partial charge >= 0.3 is 0 Å². The van der Waals surface area contributed by atoms with Crippen LogP contribution in [0.5, 0.6) is 0 Å². The van der Waals surface area contributed by atoms with Crippen molar-refractivity contribution in [3.8, 4) is 0 Å². The maximum atomic E-state index is 11.8. The molecule has 0 amide bonds. The van der Waals surface area contributed by atoms with Gasteiger partial charge in [-0.1, -0.05) is 42.0 Å². The van der Waals surface area contributed by atoms with E-state index in [0.717, 1.165) is 28.7 Å². The molecule has 112 valence electrons. The van der Waals surface area contributed by atoms with Crippen LogP contribution in [0.25, 0.3) is 6.08 Å². The molecule has 0 heterocycles. The molecule has 2 aromatic carbocycles. The van der Waals surface area contributed by atoms with Crippen molar-refractivity contribution < 1.29 is 4.79 Å². The Kier molecular flexibility index (Phi) is 3.61. The minimum Gasteiger partial charge on any atom is -0.377 e. The van der Waals surface area contributed by atoms with Gasteiger partial charge in [-0.05, 0) is 42.2 Å². The lowest BCUT2D eigenvalue weighted by Crippen LogP contribution is -2.13. The van der Waals surface area contributed by atoms with Crippen LogP contribution in [-0.2, 0) is 0 Å². The van der Waals surface area contributed by atoms with Gasteiger partial charge in [-0.15, -0.1) is 0 Å². The van der Waals surface area contributed by atoms with Gasteiger partial charge in [-0.25, -0.2) is 0 Å². The summed E-state index contributed by atoms with van der Waals surface area (Å²) in [5.41, 5.74) is 7.92. The lowest BCUT2D eigenvalue weighted by atomic mass is 9.84. The molecule has 22 heavy (non-hydrogen) atoms. The van der Waals surface area contributed by atoms with Crippen molar-refractivity contribution in [1.82, 2.24) is 0 Å². The Morgan fingerprint density at radius 3 is 2.41 bits per heavy atom. The topological polar surface area (TPSA) is 20.3 Å². The number of anilines is 1. The van der Waals surface area contributed by atoms with Gasteiger partial charge in [0.15, 0.2) is 6.29 Å². The molecule has 2 heteroatoms. The molecule has 0 spiro atoms. The van der Waals surface area contributed by atoms with Gasteiger partial charge in [0.1, 0.15) is 0 Å². The molecule has 2 aromatic rings. The smallest absolute Gasteiger partial charge is 0.150 e. The van der Waals surface area contributed by atoms with Crippen LogP contribution >= 0.6 is 0 Å². The Morgan fingerprint density at radius 1 is 1.00 bits per heavy atom. The summed E-state index contributed by atoms with van der Waals surface area (Å²) in [7, 11) is 4.01. The zero-order valence-electron chi connectivity index (χ0n) is 13.6. The Balaban J connectivity index is 2.20. The van der Waals surface area contributed by atoms with Crippen LogP contribution in [0.1, 0.15) is 45.5 Å². The first-order valence-electron chi connectivity index (χ1n) is 7.57. The van der Waals surface area contributed by atoms with Crippen LogP contribution in [0, 0.1) is 6.92 Å². The zero-order valence-corrected chi connectivity index (χ0v) is 13.6. The maximum Gasteiger partial charge on any atom is 0.150 e. The van der Waals surface area contributed by atoms with E-state index in [9.17, 15) is 4.79 Å². The Labute approximate surface area is 132 Å². The third kappa shape index (κ3) is 2.16. The molecule has 1 aliphatic rings. The van der Waals surface area contributed by atoms with E-state index < -0.39 is 0 Å². The largest absolute Gasteiger partial charge is 0.377 e. The maximum absolute atomic E-state index is 11.8. The molecule has 0 radical (unpaired) electrons. The number of fused-ring (bicyclic) bond motifs is 1. The summed E-state index contributed by atoms with van der Waals surface area (Å²) in [6.07, 6.45) is 3.23. The van der Waals surface area contributed by atoms with Gasteiger partial charge in [0.25, 0.3) is 0 Å². The summed E-state index contributed by atoms with van der Waals surface area (Å²) in [6, 6.07) is 12.7. The second-order valence-electron chi connectivity index (χ2n) is 6.18. The number of benzene rings is 2. The molecule has 1 aliphatic carbocycles. The fraction of sp³-hybridized carbons (Fsp3) is 0.250. The zero-order chi connectivity index (χ0) is 15.9. The van der Waals surface area contributed by atoms with Gasteiger partial charge < -0.3 is 4.90 Å². The highest BCUT2D eigenvalue weighted by molar-refractivity contribution is 5.85. The third-order valence-corrected chi connectivity index (χ3v) is 4.58. The van der Waals surface area contributed by atoms with Crippen molar-refractivity contribution in [2.24, 2.45) is 0 Å². The fourth-order valence-electron chi connectivity index (χ4n) is 3.52. The summed E-state index contributed by atoms with van der Waals surface area (Å²) in [5.74, 6) is 0.186. The van der Waals surface area contributed by atoms with Crippen LogP contribution in [0.4, 0.5) is 5.69 Å². The Hall–Kier alpha value is -2.35. The lowest BCUT2D eigenvalue weighted by Gasteiger charge is -2.22. The monoisotopic (exact) mass is 291 g/mol. The number of nitrogens with zero attached hydrogens (tertiary/aromatic N) is 1. The predicted molar refractivity (Wildman–Crippen MR) is 92.8 cm³/mol. The minimum absolute atomic E-state index is 0.186. The second kappa shape index (κ2) is 5.45. The van der Waals surface area contributed by atoms with Crippen molar-refractivity contribution in [3.05, 3.63) is 69.8 Å². The predicted octanol–water partition coefficient (Wildman–Crippen LogP) is 4.42. The van der Waals surface area contributed by atoms with Crippen LogP contribution in [0.15, 0.2) is 42.0 Å². The number of carbonyl (C=O) groups is 1.